The van der Waals surface area contributed by atoms with Crippen LogP contribution in [-0.4, -0.2) is 35.2 Å². The predicted octanol–water partition coefficient (Wildman–Crippen LogP) is 3.44. The van der Waals surface area contributed by atoms with Gasteiger partial charge in [0.1, 0.15) is 0 Å². The summed E-state index contributed by atoms with van der Waals surface area (Å²) in [5, 5.41) is 9.68. The van der Waals surface area contributed by atoms with Crippen molar-refractivity contribution in [3.8, 4) is 11.8 Å². The zero-order valence-corrected chi connectivity index (χ0v) is 13.4. The molecule has 1 aromatic rings. The highest BCUT2D eigenvalue weighted by Gasteiger charge is 2.34. The van der Waals surface area contributed by atoms with Gasteiger partial charge < -0.3 is 5.11 Å². The molecule has 22 heavy (non-hydrogen) atoms. The number of likely N-dealkylation sites (tertiary alicyclic amines) is 1. The van der Waals surface area contributed by atoms with E-state index >= 15 is 0 Å². The number of benzene rings is 1. The Hall–Kier alpha value is -1.30. The highest BCUT2D eigenvalue weighted by molar-refractivity contribution is 5.35. The Morgan fingerprint density at radius 1 is 1.05 bits per heavy atom. The molecule has 1 heterocycles. The van der Waals surface area contributed by atoms with Gasteiger partial charge in [0, 0.05) is 11.6 Å². The summed E-state index contributed by atoms with van der Waals surface area (Å²) in [6.45, 7) is 1.37. The number of hydrogen-bond donors (Lipinski definition) is 1. The van der Waals surface area contributed by atoms with E-state index in [0.717, 1.165) is 18.5 Å². The molecule has 1 saturated heterocycles. The molecule has 2 nitrogen and oxygen atoms in total. The van der Waals surface area contributed by atoms with Gasteiger partial charge in [0.15, 0.2) is 0 Å². The van der Waals surface area contributed by atoms with Crippen LogP contribution in [0.15, 0.2) is 30.3 Å². The Morgan fingerprint density at radius 2 is 1.82 bits per heavy atom. The van der Waals surface area contributed by atoms with Gasteiger partial charge in [-0.3, -0.25) is 4.90 Å². The fourth-order valence-electron chi connectivity index (χ4n) is 4.02. The highest BCUT2D eigenvalue weighted by atomic mass is 16.3. The van der Waals surface area contributed by atoms with E-state index in [1.165, 1.54) is 38.5 Å². The van der Waals surface area contributed by atoms with Crippen LogP contribution in [0.1, 0.15) is 50.5 Å². The monoisotopic (exact) mass is 297 g/mol. The van der Waals surface area contributed by atoms with Crippen molar-refractivity contribution in [2.24, 2.45) is 5.92 Å². The van der Waals surface area contributed by atoms with E-state index < -0.39 is 0 Å². The van der Waals surface area contributed by atoms with Crippen molar-refractivity contribution in [2.75, 3.05) is 13.2 Å². The number of aliphatic hydroxyl groups is 1. The first-order valence-corrected chi connectivity index (χ1v) is 8.81. The second kappa shape index (κ2) is 7.81. The van der Waals surface area contributed by atoms with Crippen molar-refractivity contribution in [3.63, 3.8) is 0 Å². The van der Waals surface area contributed by atoms with Crippen molar-refractivity contribution < 1.29 is 5.11 Å². The molecular formula is C20H27NO. The third-order valence-electron chi connectivity index (χ3n) is 5.23. The molecule has 2 fully saturated rings. The minimum atomic E-state index is 0.274. The van der Waals surface area contributed by atoms with E-state index in [9.17, 15) is 5.11 Å². The zero-order chi connectivity index (χ0) is 15.2. The Morgan fingerprint density at radius 3 is 2.55 bits per heavy atom. The molecule has 0 aromatic heterocycles. The number of hydrogen-bond acceptors (Lipinski definition) is 2. The first-order valence-electron chi connectivity index (χ1n) is 8.81. The first kappa shape index (κ1) is 15.6. The van der Waals surface area contributed by atoms with E-state index in [1.54, 1.807) is 0 Å². The summed E-state index contributed by atoms with van der Waals surface area (Å²) in [4.78, 5) is 2.49. The Labute approximate surface area is 134 Å². The lowest BCUT2D eigenvalue weighted by Gasteiger charge is -2.36. The van der Waals surface area contributed by atoms with Crippen LogP contribution in [0.3, 0.4) is 0 Å². The second-order valence-corrected chi connectivity index (χ2v) is 6.69. The third-order valence-corrected chi connectivity index (χ3v) is 5.23. The molecule has 2 heteroatoms. The third kappa shape index (κ3) is 3.72. The molecule has 118 valence electrons. The molecule has 3 rings (SSSR count). The van der Waals surface area contributed by atoms with Crippen molar-refractivity contribution >= 4 is 0 Å². The predicted molar refractivity (Wildman–Crippen MR) is 90.5 cm³/mol. The van der Waals surface area contributed by atoms with E-state index in [4.69, 9.17) is 0 Å². The van der Waals surface area contributed by atoms with Crippen LogP contribution >= 0.6 is 0 Å². The van der Waals surface area contributed by atoms with E-state index in [-0.39, 0.29) is 6.61 Å². The van der Waals surface area contributed by atoms with E-state index in [0.29, 0.717) is 18.0 Å². The second-order valence-electron chi connectivity index (χ2n) is 6.69. The van der Waals surface area contributed by atoms with Crippen LogP contribution in [0, 0.1) is 17.8 Å². The zero-order valence-electron chi connectivity index (χ0n) is 13.4. The van der Waals surface area contributed by atoms with Crippen LogP contribution in [0.5, 0.6) is 0 Å². The molecule has 0 spiro atoms. The molecule has 1 aliphatic heterocycles. The summed E-state index contributed by atoms with van der Waals surface area (Å²) in [5.74, 6) is 7.64. The quantitative estimate of drug-likeness (QED) is 0.864. The summed E-state index contributed by atoms with van der Waals surface area (Å²) in [7, 11) is 0. The fourth-order valence-corrected chi connectivity index (χ4v) is 4.02. The van der Waals surface area contributed by atoms with Gasteiger partial charge in [0.25, 0.3) is 0 Å². The van der Waals surface area contributed by atoms with Gasteiger partial charge >= 0.3 is 0 Å². The smallest absolute Gasteiger partial charge is 0.0750 e. The fraction of sp³-hybridized carbons (Fsp3) is 0.600. The molecule has 2 aliphatic rings. The molecule has 0 amide bonds. The SMILES string of the molecule is OC[C@@H]1CCCN1C(C#Cc1ccccc1)C1CCCCC1. The van der Waals surface area contributed by atoms with Gasteiger partial charge in [0.05, 0.1) is 12.6 Å². The Bertz CT molecular complexity index is 510. The van der Waals surface area contributed by atoms with Gasteiger partial charge in [-0.1, -0.05) is 49.3 Å². The molecule has 1 aromatic carbocycles. The molecule has 0 bridgehead atoms. The van der Waals surface area contributed by atoms with E-state index in [2.05, 4.69) is 28.9 Å². The van der Waals surface area contributed by atoms with E-state index in [1.807, 2.05) is 18.2 Å². The topological polar surface area (TPSA) is 23.5 Å². The molecule has 1 saturated carbocycles. The maximum Gasteiger partial charge on any atom is 0.0750 e. The maximum absolute atomic E-state index is 9.68. The van der Waals surface area contributed by atoms with Gasteiger partial charge in [0.2, 0.25) is 0 Å². The van der Waals surface area contributed by atoms with Crippen molar-refractivity contribution in [2.45, 2.75) is 57.0 Å². The summed E-state index contributed by atoms with van der Waals surface area (Å²) in [5.41, 5.74) is 1.10. The Kier molecular flexibility index (Phi) is 5.53. The number of nitrogens with zero attached hydrogens (tertiary/aromatic N) is 1. The normalized spacial score (nSPS) is 24.7. The first-order chi connectivity index (χ1) is 10.9. The molecule has 1 N–H and O–H groups in total. The van der Waals surface area contributed by atoms with Crippen LogP contribution in [0.4, 0.5) is 0 Å². The molecule has 1 unspecified atom stereocenters. The minimum Gasteiger partial charge on any atom is -0.395 e. The van der Waals surface area contributed by atoms with Gasteiger partial charge in [-0.2, -0.15) is 0 Å². The van der Waals surface area contributed by atoms with Crippen LogP contribution in [0.2, 0.25) is 0 Å². The lowest BCUT2D eigenvalue weighted by molar-refractivity contribution is 0.102. The van der Waals surface area contributed by atoms with Gasteiger partial charge in [-0.25, -0.2) is 0 Å². The lowest BCUT2D eigenvalue weighted by atomic mass is 9.83. The average molecular weight is 297 g/mol. The summed E-state index contributed by atoms with van der Waals surface area (Å²) < 4.78 is 0. The summed E-state index contributed by atoms with van der Waals surface area (Å²) in [6, 6.07) is 10.9. The molecule has 1 aliphatic carbocycles. The largest absolute Gasteiger partial charge is 0.395 e. The molecular weight excluding hydrogens is 270 g/mol. The molecule has 0 radical (unpaired) electrons. The highest BCUT2D eigenvalue weighted by Crippen LogP contribution is 2.32. The number of aliphatic hydroxyl groups excluding tert-OH is 1. The van der Waals surface area contributed by atoms with Gasteiger partial charge in [-0.05, 0) is 50.3 Å². The van der Waals surface area contributed by atoms with Crippen LogP contribution in [-0.2, 0) is 0 Å². The Balaban J connectivity index is 1.81. The standard InChI is InChI=1S/C20H27NO/c22-16-19-12-7-15-21(19)20(18-10-5-2-6-11-18)14-13-17-8-3-1-4-9-17/h1,3-4,8-9,18-20,22H,2,5-7,10-12,15-16H2/t19-,20?/m0/s1. The number of rotatable bonds is 3. The van der Waals surface area contributed by atoms with Crippen LogP contribution in [0.25, 0.3) is 0 Å². The molecule has 2 atom stereocenters. The van der Waals surface area contributed by atoms with Gasteiger partial charge in [-0.15, -0.1) is 0 Å². The summed E-state index contributed by atoms with van der Waals surface area (Å²) in [6.07, 6.45) is 8.95. The van der Waals surface area contributed by atoms with Crippen molar-refractivity contribution in [1.82, 2.24) is 4.90 Å². The van der Waals surface area contributed by atoms with Crippen molar-refractivity contribution in [3.05, 3.63) is 35.9 Å². The van der Waals surface area contributed by atoms with Crippen LogP contribution < -0.4 is 0 Å². The summed E-state index contributed by atoms with van der Waals surface area (Å²) >= 11 is 0. The van der Waals surface area contributed by atoms with Crippen molar-refractivity contribution in [1.29, 1.82) is 0 Å². The minimum absolute atomic E-state index is 0.274. The lowest BCUT2D eigenvalue weighted by Crippen LogP contribution is -2.44. The average Bonchev–Trinajstić information content (AvgIpc) is 3.05. The maximum atomic E-state index is 9.68.